The summed E-state index contributed by atoms with van der Waals surface area (Å²) in [7, 11) is 0. The number of fused-ring (bicyclic) bond motifs is 1. The molecule has 0 fully saturated rings. The van der Waals surface area contributed by atoms with Gasteiger partial charge in [-0.3, -0.25) is 25.2 Å². The molecule has 0 bridgehead atoms. The predicted molar refractivity (Wildman–Crippen MR) is 110 cm³/mol. The molecule has 0 saturated carbocycles. The molecular weight excluding hydrogens is 422 g/mol. The third kappa shape index (κ3) is 3.60. The molecule has 0 saturated heterocycles. The highest BCUT2D eigenvalue weighted by Crippen LogP contribution is 2.21. The van der Waals surface area contributed by atoms with E-state index in [2.05, 4.69) is 26.1 Å². The number of benzene rings is 2. The van der Waals surface area contributed by atoms with Crippen molar-refractivity contribution in [3.63, 3.8) is 0 Å². The number of rotatable bonds is 3. The Hall–Kier alpha value is -4.41. The first-order chi connectivity index (χ1) is 15.3. The van der Waals surface area contributed by atoms with Gasteiger partial charge in [0.2, 0.25) is 0 Å². The molecule has 2 heterocycles. The summed E-state index contributed by atoms with van der Waals surface area (Å²) in [6.45, 7) is 3.08. The number of carbonyl (C=O) groups excluding carboxylic acids is 2. The molecule has 0 unspecified atom stereocenters. The van der Waals surface area contributed by atoms with Gasteiger partial charge in [0.1, 0.15) is 11.5 Å². The van der Waals surface area contributed by atoms with E-state index in [0.717, 1.165) is 6.07 Å². The third-order valence-corrected chi connectivity index (χ3v) is 4.86. The van der Waals surface area contributed by atoms with Crippen LogP contribution in [-0.4, -0.2) is 31.8 Å². The summed E-state index contributed by atoms with van der Waals surface area (Å²) in [5, 5.41) is 10.7. The molecule has 162 valence electrons. The van der Waals surface area contributed by atoms with E-state index in [1.54, 1.807) is 31.2 Å². The number of hydrogen-bond donors (Lipinski definition) is 3. The van der Waals surface area contributed by atoms with Crippen LogP contribution in [-0.2, 0) is 0 Å². The lowest BCUT2D eigenvalue weighted by molar-refractivity contribution is 0.0843. The van der Waals surface area contributed by atoms with Gasteiger partial charge in [-0.2, -0.15) is 10.2 Å². The Morgan fingerprint density at radius 1 is 1.00 bits per heavy atom. The van der Waals surface area contributed by atoms with Crippen LogP contribution in [0, 0.1) is 25.5 Å². The minimum atomic E-state index is -0.841. The number of carbonyl (C=O) groups is 2. The molecule has 0 aliphatic heterocycles. The molecule has 9 nitrogen and oxygen atoms in total. The van der Waals surface area contributed by atoms with Crippen LogP contribution in [0.1, 0.15) is 32.2 Å². The van der Waals surface area contributed by atoms with Crippen LogP contribution in [0.5, 0.6) is 0 Å². The van der Waals surface area contributed by atoms with Gasteiger partial charge < -0.3 is 0 Å². The highest BCUT2D eigenvalue weighted by Gasteiger charge is 2.22. The van der Waals surface area contributed by atoms with Crippen molar-refractivity contribution in [3.8, 4) is 5.69 Å². The molecule has 0 radical (unpaired) electrons. The van der Waals surface area contributed by atoms with E-state index in [-0.39, 0.29) is 33.7 Å². The Kier molecular flexibility index (Phi) is 5.23. The predicted octanol–water partition coefficient (Wildman–Crippen LogP) is 2.08. The second-order valence-corrected chi connectivity index (χ2v) is 6.91. The van der Waals surface area contributed by atoms with Gasteiger partial charge >= 0.3 is 0 Å². The number of hydrogen-bond acceptors (Lipinski definition) is 5. The summed E-state index contributed by atoms with van der Waals surface area (Å²) in [6, 6.07) is 9.40. The molecular formula is C21H16F2N6O3. The van der Waals surface area contributed by atoms with Gasteiger partial charge in [-0.05, 0) is 32.0 Å². The second kappa shape index (κ2) is 8.02. The SMILES string of the molecule is Cc1nn(-c2ccc(F)cc2F)c(C)c1C(=O)NNC(=O)c1n[nH]c(=O)c2ccccc12. The molecule has 4 aromatic rings. The van der Waals surface area contributed by atoms with Crippen LogP contribution in [0.15, 0.2) is 47.3 Å². The molecule has 2 amide bonds. The van der Waals surface area contributed by atoms with Gasteiger partial charge in [-0.15, -0.1) is 0 Å². The van der Waals surface area contributed by atoms with Crippen LogP contribution in [0.4, 0.5) is 8.78 Å². The van der Waals surface area contributed by atoms with Crippen LogP contribution in [0.25, 0.3) is 16.5 Å². The molecule has 3 N–H and O–H groups in total. The fourth-order valence-corrected chi connectivity index (χ4v) is 3.38. The number of nitrogens with zero attached hydrogens (tertiary/aromatic N) is 3. The van der Waals surface area contributed by atoms with Crippen molar-refractivity contribution >= 4 is 22.6 Å². The Bertz CT molecular complexity index is 1440. The largest absolute Gasteiger partial charge is 0.290 e. The summed E-state index contributed by atoms with van der Waals surface area (Å²) in [4.78, 5) is 37.1. The van der Waals surface area contributed by atoms with Gasteiger partial charge in [0.15, 0.2) is 11.5 Å². The van der Waals surface area contributed by atoms with Crippen molar-refractivity contribution in [2.24, 2.45) is 0 Å². The van der Waals surface area contributed by atoms with Crippen LogP contribution < -0.4 is 16.4 Å². The second-order valence-electron chi connectivity index (χ2n) is 6.91. The number of halogens is 2. The minimum absolute atomic E-state index is 0.0287. The van der Waals surface area contributed by atoms with E-state index in [1.807, 2.05) is 0 Å². The molecule has 4 rings (SSSR count). The topological polar surface area (TPSA) is 122 Å². The first-order valence-electron chi connectivity index (χ1n) is 9.37. The Morgan fingerprint density at radius 3 is 2.41 bits per heavy atom. The van der Waals surface area contributed by atoms with Gasteiger partial charge in [0, 0.05) is 11.5 Å². The molecule has 32 heavy (non-hydrogen) atoms. The van der Waals surface area contributed by atoms with Gasteiger partial charge in [-0.1, -0.05) is 18.2 Å². The molecule has 2 aromatic heterocycles. The van der Waals surface area contributed by atoms with Crippen molar-refractivity contribution in [2.45, 2.75) is 13.8 Å². The molecule has 11 heteroatoms. The Balaban J connectivity index is 1.58. The lowest BCUT2D eigenvalue weighted by Crippen LogP contribution is -2.42. The summed E-state index contributed by atoms with van der Waals surface area (Å²) < 4.78 is 28.6. The summed E-state index contributed by atoms with van der Waals surface area (Å²) in [6.07, 6.45) is 0. The highest BCUT2D eigenvalue weighted by atomic mass is 19.1. The fraction of sp³-hybridized carbons (Fsp3) is 0.0952. The highest BCUT2D eigenvalue weighted by molar-refractivity contribution is 6.06. The van der Waals surface area contributed by atoms with E-state index in [1.165, 1.54) is 17.7 Å². The first-order valence-corrected chi connectivity index (χ1v) is 9.37. The number of aromatic nitrogens is 4. The fourth-order valence-electron chi connectivity index (χ4n) is 3.38. The lowest BCUT2D eigenvalue weighted by Gasteiger charge is -2.09. The van der Waals surface area contributed by atoms with Crippen molar-refractivity contribution in [1.82, 2.24) is 30.8 Å². The Morgan fingerprint density at radius 2 is 1.69 bits per heavy atom. The molecule has 0 spiro atoms. The first kappa shape index (κ1) is 20.8. The van der Waals surface area contributed by atoms with E-state index < -0.39 is 29.0 Å². The summed E-state index contributed by atoms with van der Waals surface area (Å²) >= 11 is 0. The number of aromatic amines is 1. The maximum Gasteiger partial charge on any atom is 0.290 e. The van der Waals surface area contributed by atoms with Crippen LogP contribution >= 0.6 is 0 Å². The number of amides is 2. The summed E-state index contributed by atoms with van der Waals surface area (Å²) in [5.74, 6) is -3.03. The molecule has 0 aliphatic carbocycles. The number of H-pyrrole nitrogens is 1. The number of nitrogens with one attached hydrogen (secondary N) is 3. The smallest absolute Gasteiger partial charge is 0.267 e. The lowest BCUT2D eigenvalue weighted by atomic mass is 10.1. The molecule has 0 atom stereocenters. The zero-order chi connectivity index (χ0) is 23.0. The monoisotopic (exact) mass is 438 g/mol. The van der Waals surface area contributed by atoms with E-state index in [4.69, 9.17) is 0 Å². The average molecular weight is 438 g/mol. The Labute approximate surface area is 179 Å². The van der Waals surface area contributed by atoms with Crippen molar-refractivity contribution in [3.05, 3.63) is 87.1 Å². The van der Waals surface area contributed by atoms with Gasteiger partial charge in [0.25, 0.3) is 17.4 Å². The van der Waals surface area contributed by atoms with Crippen LogP contribution in [0.3, 0.4) is 0 Å². The standard InChI is InChI=1S/C21H16F2N6O3/c1-10-17(11(2)29(28-10)16-8-7-12(22)9-15(16)23)20(31)26-27-21(32)18-13-5-3-4-6-14(13)19(30)25-24-18/h3-9H,1-2H3,(H,25,30)(H,26,31)(H,27,32). The maximum absolute atomic E-state index is 14.2. The molecule has 2 aromatic carbocycles. The number of hydrazine groups is 1. The summed E-state index contributed by atoms with van der Waals surface area (Å²) in [5.41, 5.74) is 4.61. The third-order valence-electron chi connectivity index (χ3n) is 4.86. The zero-order valence-corrected chi connectivity index (χ0v) is 16.9. The van der Waals surface area contributed by atoms with E-state index in [0.29, 0.717) is 11.5 Å². The van der Waals surface area contributed by atoms with Crippen molar-refractivity contribution in [1.29, 1.82) is 0 Å². The van der Waals surface area contributed by atoms with E-state index >= 15 is 0 Å². The quantitative estimate of drug-likeness (QED) is 0.423. The van der Waals surface area contributed by atoms with Gasteiger partial charge in [0.05, 0.1) is 22.3 Å². The zero-order valence-electron chi connectivity index (χ0n) is 16.9. The van der Waals surface area contributed by atoms with Crippen molar-refractivity contribution < 1.29 is 18.4 Å². The normalized spacial score (nSPS) is 10.9. The van der Waals surface area contributed by atoms with Gasteiger partial charge in [-0.25, -0.2) is 18.6 Å². The minimum Gasteiger partial charge on any atom is -0.267 e. The van der Waals surface area contributed by atoms with Crippen molar-refractivity contribution in [2.75, 3.05) is 0 Å². The maximum atomic E-state index is 14.2. The van der Waals surface area contributed by atoms with Crippen LogP contribution in [0.2, 0.25) is 0 Å². The number of aryl methyl sites for hydroxylation is 1. The average Bonchev–Trinajstić information content (AvgIpc) is 3.06. The molecule has 0 aliphatic rings. The van der Waals surface area contributed by atoms with E-state index in [9.17, 15) is 23.2 Å².